The van der Waals surface area contributed by atoms with E-state index in [2.05, 4.69) is 10.2 Å². The first-order valence-electron chi connectivity index (χ1n) is 10.1. The molecule has 2 aromatic heterocycles. The van der Waals surface area contributed by atoms with Gasteiger partial charge in [0.1, 0.15) is 13.2 Å². The largest absolute Gasteiger partial charge is 0.474 e. The SMILES string of the molecule is Cn1nc(OCCOCc2cccc(COCCOc3ccc(=O)n(C)n3)c2)ccc1=O. The van der Waals surface area contributed by atoms with Crippen molar-refractivity contribution in [3.63, 3.8) is 0 Å². The van der Waals surface area contributed by atoms with Crippen LogP contribution in [0.4, 0.5) is 0 Å². The molecule has 0 atom stereocenters. The molecule has 0 bridgehead atoms. The van der Waals surface area contributed by atoms with E-state index in [1.54, 1.807) is 14.1 Å². The van der Waals surface area contributed by atoms with Gasteiger partial charge in [-0.05, 0) is 11.1 Å². The Hall–Kier alpha value is -3.50. The first kappa shape index (κ1) is 23.2. The monoisotopic (exact) mass is 442 g/mol. The first-order chi connectivity index (χ1) is 15.5. The first-order valence-corrected chi connectivity index (χ1v) is 10.1. The Bertz CT molecular complexity index is 1040. The van der Waals surface area contributed by atoms with Crippen LogP contribution in [0.5, 0.6) is 11.8 Å². The molecule has 0 aliphatic rings. The number of hydrogen-bond donors (Lipinski definition) is 0. The molecule has 0 N–H and O–H groups in total. The standard InChI is InChI=1S/C22H26N4O6/c1-25-21(27)8-6-19(23-25)31-12-10-29-15-17-4-3-5-18(14-17)16-30-11-13-32-20-7-9-22(28)26(2)24-20/h3-9,14H,10-13,15-16H2,1-2H3. The molecule has 3 aromatic rings. The molecule has 2 heterocycles. The van der Waals surface area contributed by atoms with Crippen LogP contribution in [0.1, 0.15) is 11.1 Å². The van der Waals surface area contributed by atoms with Crippen LogP contribution in [0.3, 0.4) is 0 Å². The van der Waals surface area contributed by atoms with E-state index in [9.17, 15) is 9.59 Å². The second-order valence-corrected chi connectivity index (χ2v) is 6.89. The highest BCUT2D eigenvalue weighted by atomic mass is 16.5. The molecule has 0 radical (unpaired) electrons. The maximum atomic E-state index is 11.3. The van der Waals surface area contributed by atoms with Crippen molar-refractivity contribution in [3.8, 4) is 11.8 Å². The zero-order valence-electron chi connectivity index (χ0n) is 18.1. The van der Waals surface area contributed by atoms with Gasteiger partial charge in [-0.15, -0.1) is 10.2 Å². The summed E-state index contributed by atoms with van der Waals surface area (Å²) in [6.07, 6.45) is 0. The zero-order valence-corrected chi connectivity index (χ0v) is 18.1. The molecular weight excluding hydrogens is 416 g/mol. The maximum absolute atomic E-state index is 11.3. The van der Waals surface area contributed by atoms with E-state index in [1.807, 2.05) is 24.3 Å². The van der Waals surface area contributed by atoms with Gasteiger partial charge in [0.15, 0.2) is 0 Å². The summed E-state index contributed by atoms with van der Waals surface area (Å²) < 4.78 is 24.7. The molecule has 0 amide bonds. The maximum Gasteiger partial charge on any atom is 0.266 e. The third kappa shape index (κ3) is 7.33. The van der Waals surface area contributed by atoms with E-state index < -0.39 is 0 Å². The highest BCUT2D eigenvalue weighted by Gasteiger charge is 2.01. The molecule has 0 aliphatic carbocycles. The summed E-state index contributed by atoms with van der Waals surface area (Å²) in [6, 6.07) is 13.8. The Labute approximate surface area is 184 Å². The Morgan fingerprint density at radius 3 is 1.59 bits per heavy atom. The van der Waals surface area contributed by atoms with Crippen molar-refractivity contribution in [2.75, 3.05) is 26.4 Å². The minimum atomic E-state index is -0.189. The molecule has 0 saturated carbocycles. The van der Waals surface area contributed by atoms with Gasteiger partial charge in [-0.3, -0.25) is 9.59 Å². The predicted octanol–water partition coefficient (Wildman–Crippen LogP) is 1.07. The Balaban J connectivity index is 1.32. The smallest absolute Gasteiger partial charge is 0.266 e. The molecule has 0 aliphatic heterocycles. The number of nitrogens with zero attached hydrogens (tertiary/aromatic N) is 4. The Kier molecular flexibility index (Phi) is 8.52. The average Bonchev–Trinajstić information content (AvgIpc) is 2.78. The topological polar surface area (TPSA) is 107 Å². The molecule has 10 nitrogen and oxygen atoms in total. The van der Waals surface area contributed by atoms with Crippen LogP contribution < -0.4 is 20.6 Å². The molecule has 0 fully saturated rings. The van der Waals surface area contributed by atoms with Crippen LogP contribution in [0, 0.1) is 0 Å². The fourth-order valence-corrected chi connectivity index (χ4v) is 2.72. The van der Waals surface area contributed by atoms with Gasteiger partial charge in [0, 0.05) is 38.4 Å². The van der Waals surface area contributed by atoms with Gasteiger partial charge in [0.2, 0.25) is 11.8 Å². The molecule has 0 saturated heterocycles. The molecule has 170 valence electrons. The molecular formula is C22H26N4O6. The molecule has 1 aromatic carbocycles. The lowest BCUT2D eigenvalue weighted by Crippen LogP contribution is -2.19. The van der Waals surface area contributed by atoms with Crippen molar-refractivity contribution in [1.82, 2.24) is 19.6 Å². The van der Waals surface area contributed by atoms with Crippen molar-refractivity contribution in [1.29, 1.82) is 0 Å². The Morgan fingerprint density at radius 1 is 0.688 bits per heavy atom. The van der Waals surface area contributed by atoms with E-state index in [-0.39, 0.29) is 11.1 Å². The third-order valence-corrected chi connectivity index (χ3v) is 4.36. The fraction of sp³-hybridized carbons (Fsp3) is 0.364. The van der Waals surface area contributed by atoms with E-state index in [0.29, 0.717) is 51.4 Å². The predicted molar refractivity (Wildman–Crippen MR) is 116 cm³/mol. The van der Waals surface area contributed by atoms with Crippen LogP contribution in [0.2, 0.25) is 0 Å². The normalized spacial score (nSPS) is 10.8. The minimum absolute atomic E-state index is 0.189. The number of aromatic nitrogens is 4. The summed E-state index contributed by atoms with van der Waals surface area (Å²) >= 11 is 0. The van der Waals surface area contributed by atoms with Crippen LogP contribution in [-0.4, -0.2) is 46.0 Å². The highest BCUT2D eigenvalue weighted by Crippen LogP contribution is 2.09. The lowest BCUT2D eigenvalue weighted by atomic mass is 10.1. The quantitative estimate of drug-likeness (QED) is 0.384. The van der Waals surface area contributed by atoms with E-state index >= 15 is 0 Å². The van der Waals surface area contributed by atoms with Gasteiger partial charge < -0.3 is 18.9 Å². The van der Waals surface area contributed by atoms with Crippen molar-refractivity contribution in [3.05, 3.63) is 80.4 Å². The molecule has 10 heteroatoms. The van der Waals surface area contributed by atoms with Gasteiger partial charge in [-0.2, -0.15) is 0 Å². The summed E-state index contributed by atoms with van der Waals surface area (Å²) in [7, 11) is 3.14. The third-order valence-electron chi connectivity index (χ3n) is 4.36. The van der Waals surface area contributed by atoms with Gasteiger partial charge in [0.05, 0.1) is 26.4 Å². The number of aryl methyl sites for hydroxylation is 2. The van der Waals surface area contributed by atoms with Gasteiger partial charge in [0.25, 0.3) is 11.1 Å². The number of benzene rings is 1. The van der Waals surface area contributed by atoms with Gasteiger partial charge in [-0.25, -0.2) is 9.36 Å². The molecule has 0 unspecified atom stereocenters. The number of hydrogen-bond acceptors (Lipinski definition) is 8. The van der Waals surface area contributed by atoms with Crippen molar-refractivity contribution < 1.29 is 18.9 Å². The van der Waals surface area contributed by atoms with Crippen LogP contribution in [0.15, 0.2) is 58.1 Å². The zero-order chi connectivity index (χ0) is 22.8. The van der Waals surface area contributed by atoms with Crippen molar-refractivity contribution in [2.24, 2.45) is 14.1 Å². The minimum Gasteiger partial charge on any atom is -0.474 e. The van der Waals surface area contributed by atoms with Gasteiger partial charge in [-0.1, -0.05) is 24.3 Å². The number of rotatable bonds is 12. The second-order valence-electron chi connectivity index (χ2n) is 6.89. The summed E-state index contributed by atoms with van der Waals surface area (Å²) in [5.41, 5.74) is 1.67. The molecule has 32 heavy (non-hydrogen) atoms. The summed E-state index contributed by atoms with van der Waals surface area (Å²) in [5, 5.41) is 7.99. The number of ether oxygens (including phenoxy) is 4. The lowest BCUT2D eigenvalue weighted by Gasteiger charge is -2.09. The second kappa shape index (κ2) is 11.8. The van der Waals surface area contributed by atoms with Crippen LogP contribution in [-0.2, 0) is 36.8 Å². The van der Waals surface area contributed by atoms with Crippen LogP contribution >= 0.6 is 0 Å². The summed E-state index contributed by atoms with van der Waals surface area (Å²) in [5.74, 6) is 0.761. The van der Waals surface area contributed by atoms with Gasteiger partial charge >= 0.3 is 0 Å². The fourth-order valence-electron chi connectivity index (χ4n) is 2.72. The Morgan fingerprint density at radius 2 is 1.16 bits per heavy atom. The molecule has 3 rings (SSSR count). The summed E-state index contributed by atoms with van der Waals surface area (Å²) in [6.45, 7) is 2.33. The molecule has 0 spiro atoms. The highest BCUT2D eigenvalue weighted by molar-refractivity contribution is 5.22. The van der Waals surface area contributed by atoms with E-state index in [4.69, 9.17) is 18.9 Å². The van der Waals surface area contributed by atoms with E-state index in [1.165, 1.54) is 33.6 Å². The van der Waals surface area contributed by atoms with Crippen molar-refractivity contribution >= 4 is 0 Å². The average molecular weight is 442 g/mol. The van der Waals surface area contributed by atoms with Crippen molar-refractivity contribution in [2.45, 2.75) is 13.2 Å². The van der Waals surface area contributed by atoms with E-state index in [0.717, 1.165) is 11.1 Å². The summed E-state index contributed by atoms with van der Waals surface area (Å²) in [4.78, 5) is 22.6. The lowest BCUT2D eigenvalue weighted by molar-refractivity contribution is 0.0838. The van der Waals surface area contributed by atoms with Crippen LogP contribution in [0.25, 0.3) is 0 Å².